The fourth-order valence-corrected chi connectivity index (χ4v) is 4.17. The molecule has 2 rings (SSSR count). The summed E-state index contributed by atoms with van der Waals surface area (Å²) in [7, 11) is -3.46. The van der Waals surface area contributed by atoms with Gasteiger partial charge in [-0.25, -0.2) is 30.4 Å². The Morgan fingerprint density at radius 3 is 2.00 bits per heavy atom. The van der Waals surface area contributed by atoms with E-state index in [0.717, 1.165) is 13.2 Å². The Morgan fingerprint density at radius 1 is 1.00 bits per heavy atom. The van der Waals surface area contributed by atoms with Crippen molar-refractivity contribution in [1.29, 1.82) is 0 Å². The minimum Gasteiger partial charge on any atom is -0.365 e. The first-order valence-electron chi connectivity index (χ1n) is 9.84. The molecule has 1 aliphatic carbocycles. The number of benzene rings is 1. The Kier molecular flexibility index (Phi) is 8.02. The van der Waals surface area contributed by atoms with E-state index in [1.807, 2.05) is 0 Å². The van der Waals surface area contributed by atoms with Crippen LogP contribution in [0.1, 0.15) is 58.1 Å². The summed E-state index contributed by atoms with van der Waals surface area (Å²) < 4.78 is 98.4. The zero-order valence-electron chi connectivity index (χ0n) is 17.6. The number of hydrogen-bond acceptors (Lipinski definition) is 4. The molecule has 0 aliphatic heterocycles. The van der Waals surface area contributed by atoms with Gasteiger partial charge >= 0.3 is 0 Å². The van der Waals surface area contributed by atoms with Crippen molar-refractivity contribution in [2.24, 2.45) is 5.92 Å². The van der Waals surface area contributed by atoms with E-state index in [0.29, 0.717) is 24.8 Å². The van der Waals surface area contributed by atoms with Crippen LogP contribution in [0.2, 0.25) is 0 Å². The third-order valence-corrected chi connectivity index (χ3v) is 7.08. The molecule has 0 aromatic heterocycles. The van der Waals surface area contributed by atoms with Crippen LogP contribution in [0.15, 0.2) is 11.6 Å². The van der Waals surface area contributed by atoms with Crippen LogP contribution < -0.4 is 0 Å². The van der Waals surface area contributed by atoms with Gasteiger partial charge in [0.05, 0.1) is 23.0 Å². The molecule has 0 bridgehead atoms. The van der Waals surface area contributed by atoms with E-state index in [1.165, 1.54) is 19.9 Å². The summed E-state index contributed by atoms with van der Waals surface area (Å²) in [5, 5.41) is -0.929. The fraction of sp³-hybridized carbons (Fsp3) is 0.571. The maximum atomic E-state index is 14.2. The predicted molar refractivity (Wildman–Crippen MR) is 105 cm³/mol. The smallest absolute Gasteiger partial charge is 0.200 e. The van der Waals surface area contributed by atoms with E-state index in [-0.39, 0.29) is 12.2 Å². The molecular formula is C21H25F5O4S. The Bertz CT molecular complexity index is 961. The van der Waals surface area contributed by atoms with Gasteiger partial charge in [-0.1, -0.05) is 12.5 Å². The maximum absolute atomic E-state index is 14.2. The second kappa shape index (κ2) is 9.77. The van der Waals surface area contributed by atoms with Gasteiger partial charge in [0.15, 0.2) is 33.1 Å². The van der Waals surface area contributed by atoms with E-state index in [1.54, 1.807) is 0 Å². The van der Waals surface area contributed by atoms with Crippen LogP contribution in [-0.4, -0.2) is 31.8 Å². The van der Waals surface area contributed by atoms with Gasteiger partial charge in [-0.05, 0) is 39.2 Å². The number of rotatable bonds is 7. The highest BCUT2D eigenvalue weighted by Crippen LogP contribution is 2.35. The standard InChI is InChI=1S/C21H25F5O4S/c1-10(9-11(2)31(4,28)29)21(13-7-5-6-8-14(13)27)30-12(3)15-16(22)18(24)20(26)19(25)17(15)23/h9,11-13,21H,5-8H2,1-4H3/b10-9-/t11-,12+,13+,21-/m1/s1. The SMILES string of the molecule is C/C(=C/[C@@H](C)S(C)(=O)=O)[C@@H](O[C@@H](C)c1c(F)c(F)c(F)c(F)c1F)[C@H]1CCCCC1=O. The molecule has 0 spiro atoms. The summed E-state index contributed by atoms with van der Waals surface area (Å²) in [5.74, 6) is -11.4. The van der Waals surface area contributed by atoms with Gasteiger partial charge in [-0.15, -0.1) is 0 Å². The molecule has 1 aromatic rings. The molecule has 0 N–H and O–H groups in total. The van der Waals surface area contributed by atoms with Crippen LogP contribution in [-0.2, 0) is 19.4 Å². The molecule has 0 saturated heterocycles. The average molecular weight is 468 g/mol. The monoisotopic (exact) mass is 468 g/mol. The summed E-state index contributed by atoms with van der Waals surface area (Å²) in [4.78, 5) is 12.5. The van der Waals surface area contributed by atoms with Gasteiger partial charge in [0.25, 0.3) is 0 Å². The summed E-state index contributed by atoms with van der Waals surface area (Å²) in [6.45, 7) is 4.05. The molecule has 1 saturated carbocycles. The van der Waals surface area contributed by atoms with E-state index in [4.69, 9.17) is 4.74 Å². The number of halogens is 5. The third kappa shape index (κ3) is 5.52. The Hall–Kier alpha value is -1.81. The van der Waals surface area contributed by atoms with E-state index < -0.39 is 67.9 Å². The van der Waals surface area contributed by atoms with Gasteiger partial charge in [0.2, 0.25) is 5.82 Å². The minimum absolute atomic E-state index is 0.166. The summed E-state index contributed by atoms with van der Waals surface area (Å²) in [5.41, 5.74) is -0.817. The number of hydrogen-bond donors (Lipinski definition) is 0. The van der Waals surface area contributed by atoms with Crippen molar-refractivity contribution in [3.05, 3.63) is 46.3 Å². The first kappa shape index (κ1) is 25.5. The van der Waals surface area contributed by atoms with Crippen LogP contribution in [0.4, 0.5) is 22.0 Å². The van der Waals surface area contributed by atoms with Gasteiger partial charge in [0, 0.05) is 18.6 Å². The van der Waals surface area contributed by atoms with Crippen molar-refractivity contribution in [1.82, 2.24) is 0 Å². The maximum Gasteiger partial charge on any atom is 0.200 e. The third-order valence-electron chi connectivity index (χ3n) is 5.59. The zero-order valence-corrected chi connectivity index (χ0v) is 18.5. The van der Waals surface area contributed by atoms with Crippen LogP contribution in [0.3, 0.4) is 0 Å². The van der Waals surface area contributed by atoms with Crippen molar-refractivity contribution in [3.63, 3.8) is 0 Å². The number of carbonyl (C=O) groups is 1. The lowest BCUT2D eigenvalue weighted by atomic mass is 9.81. The van der Waals surface area contributed by atoms with Crippen LogP contribution in [0.25, 0.3) is 0 Å². The molecule has 0 heterocycles. The van der Waals surface area contributed by atoms with Gasteiger partial charge in [0.1, 0.15) is 5.78 Å². The molecule has 0 amide bonds. The highest BCUT2D eigenvalue weighted by molar-refractivity contribution is 7.91. The van der Waals surface area contributed by atoms with Crippen LogP contribution in [0.5, 0.6) is 0 Å². The second-order valence-electron chi connectivity index (χ2n) is 7.95. The molecule has 1 fully saturated rings. The molecule has 1 aliphatic rings. The number of Topliss-reactive ketones (excluding diaryl/α,β-unsaturated/α-hetero) is 1. The molecule has 1 aromatic carbocycles. The van der Waals surface area contributed by atoms with Crippen molar-refractivity contribution in [2.45, 2.75) is 63.9 Å². The van der Waals surface area contributed by atoms with Crippen molar-refractivity contribution < 1.29 is 39.9 Å². The predicted octanol–water partition coefficient (Wildman–Crippen LogP) is 4.97. The number of sulfone groups is 1. The second-order valence-corrected chi connectivity index (χ2v) is 10.3. The minimum atomic E-state index is -3.46. The van der Waals surface area contributed by atoms with Gasteiger partial charge < -0.3 is 4.74 Å². The molecule has 10 heteroatoms. The van der Waals surface area contributed by atoms with Crippen molar-refractivity contribution in [3.8, 4) is 0 Å². The molecule has 31 heavy (non-hydrogen) atoms. The molecular weight excluding hydrogens is 443 g/mol. The summed E-state index contributed by atoms with van der Waals surface area (Å²) >= 11 is 0. The average Bonchev–Trinajstić information content (AvgIpc) is 2.69. The molecule has 0 radical (unpaired) electrons. The lowest BCUT2D eigenvalue weighted by molar-refractivity contribution is -0.131. The summed E-state index contributed by atoms with van der Waals surface area (Å²) in [6.07, 6.45) is 1.72. The Morgan fingerprint density at radius 2 is 1.52 bits per heavy atom. The first-order valence-corrected chi connectivity index (χ1v) is 11.8. The normalized spacial score (nSPS) is 21.1. The molecule has 4 atom stereocenters. The molecule has 174 valence electrons. The van der Waals surface area contributed by atoms with Crippen molar-refractivity contribution >= 4 is 15.6 Å². The lowest BCUT2D eigenvalue weighted by Crippen LogP contribution is -2.35. The van der Waals surface area contributed by atoms with E-state index in [9.17, 15) is 35.2 Å². The van der Waals surface area contributed by atoms with E-state index >= 15 is 0 Å². The number of ketones is 1. The Labute approximate surface area is 178 Å². The van der Waals surface area contributed by atoms with E-state index in [2.05, 4.69) is 0 Å². The zero-order chi connectivity index (χ0) is 23.7. The van der Waals surface area contributed by atoms with Gasteiger partial charge in [-0.3, -0.25) is 4.79 Å². The van der Waals surface area contributed by atoms with Crippen LogP contribution >= 0.6 is 0 Å². The highest BCUT2D eigenvalue weighted by Gasteiger charge is 2.36. The topological polar surface area (TPSA) is 60.4 Å². The molecule has 0 unspecified atom stereocenters. The first-order chi connectivity index (χ1) is 14.3. The van der Waals surface area contributed by atoms with Gasteiger partial charge in [-0.2, -0.15) is 0 Å². The number of carbonyl (C=O) groups excluding carboxylic acids is 1. The quantitative estimate of drug-likeness (QED) is 0.246. The molecule has 4 nitrogen and oxygen atoms in total. The lowest BCUT2D eigenvalue weighted by Gasteiger charge is -2.32. The summed E-state index contributed by atoms with van der Waals surface area (Å²) in [6, 6.07) is 0. The van der Waals surface area contributed by atoms with Crippen molar-refractivity contribution in [2.75, 3.05) is 6.26 Å². The van der Waals surface area contributed by atoms with Crippen LogP contribution in [0, 0.1) is 35.0 Å². The largest absolute Gasteiger partial charge is 0.365 e. The fourth-order valence-electron chi connectivity index (χ4n) is 3.70. The number of ether oxygens (including phenoxy) is 1. The highest BCUT2D eigenvalue weighted by atomic mass is 32.2. The Balaban J connectivity index is 2.49.